The van der Waals surface area contributed by atoms with E-state index < -0.39 is 5.97 Å². The SMILES string of the molecule is CN(C)CCCNc1nc2[nH]c(C(=O)O)cc2c2cnccc12. The first kappa shape index (κ1) is 15.2. The van der Waals surface area contributed by atoms with Crippen LogP contribution in [-0.2, 0) is 0 Å². The highest BCUT2D eigenvalue weighted by Crippen LogP contribution is 2.29. The standard InChI is InChI=1S/C16H19N5O2/c1-21(2)7-3-5-18-14-10-4-6-17-9-12(10)11-8-13(16(22)23)19-15(11)20-14/h4,6,8-9H,3,5,7H2,1-2H3,(H,22,23)(H2,18,19,20). The number of rotatable bonds is 6. The maximum Gasteiger partial charge on any atom is 0.352 e. The first-order chi connectivity index (χ1) is 11.1. The van der Waals surface area contributed by atoms with Crippen LogP contribution in [0.3, 0.4) is 0 Å². The Kier molecular flexibility index (Phi) is 4.12. The molecule has 3 heterocycles. The van der Waals surface area contributed by atoms with E-state index in [9.17, 15) is 4.79 Å². The lowest BCUT2D eigenvalue weighted by Crippen LogP contribution is -2.16. The van der Waals surface area contributed by atoms with Crippen molar-refractivity contribution in [2.24, 2.45) is 0 Å². The molecule has 3 rings (SSSR count). The second-order valence-electron chi connectivity index (χ2n) is 5.72. The topological polar surface area (TPSA) is 94.1 Å². The summed E-state index contributed by atoms with van der Waals surface area (Å²) in [6.45, 7) is 1.78. The van der Waals surface area contributed by atoms with Crippen LogP contribution in [0.2, 0.25) is 0 Å². The van der Waals surface area contributed by atoms with Gasteiger partial charge in [-0.3, -0.25) is 4.98 Å². The van der Waals surface area contributed by atoms with E-state index in [1.807, 2.05) is 20.2 Å². The summed E-state index contributed by atoms with van der Waals surface area (Å²) in [7, 11) is 4.08. The summed E-state index contributed by atoms with van der Waals surface area (Å²) in [5.41, 5.74) is 0.681. The van der Waals surface area contributed by atoms with Crippen molar-refractivity contribution in [2.75, 3.05) is 32.5 Å². The summed E-state index contributed by atoms with van der Waals surface area (Å²) in [6, 6.07) is 3.49. The zero-order chi connectivity index (χ0) is 16.4. The third-order valence-electron chi connectivity index (χ3n) is 3.69. The van der Waals surface area contributed by atoms with Gasteiger partial charge in [0.15, 0.2) is 0 Å². The maximum absolute atomic E-state index is 11.2. The third-order valence-corrected chi connectivity index (χ3v) is 3.69. The average Bonchev–Trinajstić information content (AvgIpc) is 2.96. The molecular weight excluding hydrogens is 294 g/mol. The molecule has 120 valence electrons. The van der Waals surface area contributed by atoms with Gasteiger partial charge in [0.1, 0.15) is 17.2 Å². The number of anilines is 1. The minimum absolute atomic E-state index is 0.127. The number of pyridine rings is 2. The van der Waals surface area contributed by atoms with Crippen LogP contribution in [0.4, 0.5) is 5.82 Å². The van der Waals surface area contributed by atoms with Gasteiger partial charge in [-0.25, -0.2) is 9.78 Å². The molecule has 0 saturated heterocycles. The fourth-order valence-corrected chi connectivity index (χ4v) is 2.58. The number of aromatic nitrogens is 3. The molecular formula is C16H19N5O2. The number of hydrogen-bond acceptors (Lipinski definition) is 5. The molecule has 3 aromatic rings. The van der Waals surface area contributed by atoms with Crippen molar-refractivity contribution in [3.63, 3.8) is 0 Å². The molecule has 0 saturated carbocycles. The van der Waals surface area contributed by atoms with Crippen molar-refractivity contribution < 1.29 is 9.90 Å². The summed E-state index contributed by atoms with van der Waals surface area (Å²) < 4.78 is 0. The molecule has 0 amide bonds. The molecule has 0 aromatic carbocycles. The Labute approximate surface area is 133 Å². The van der Waals surface area contributed by atoms with Gasteiger partial charge in [0.2, 0.25) is 0 Å². The first-order valence-corrected chi connectivity index (χ1v) is 7.44. The highest BCUT2D eigenvalue weighted by Gasteiger charge is 2.14. The van der Waals surface area contributed by atoms with Gasteiger partial charge in [-0.2, -0.15) is 0 Å². The number of carboxylic acid groups (broad SMARTS) is 1. The fraction of sp³-hybridized carbons (Fsp3) is 0.312. The Balaban J connectivity index is 2.00. The van der Waals surface area contributed by atoms with Gasteiger partial charge in [0.05, 0.1) is 0 Å². The minimum Gasteiger partial charge on any atom is -0.477 e. The molecule has 0 bridgehead atoms. The summed E-state index contributed by atoms with van der Waals surface area (Å²) in [4.78, 5) is 24.9. The van der Waals surface area contributed by atoms with E-state index in [0.29, 0.717) is 5.65 Å². The van der Waals surface area contributed by atoms with Crippen LogP contribution < -0.4 is 5.32 Å². The summed E-state index contributed by atoms with van der Waals surface area (Å²) in [5, 5.41) is 15.1. The molecule has 0 unspecified atom stereocenters. The monoisotopic (exact) mass is 313 g/mol. The van der Waals surface area contributed by atoms with Crippen LogP contribution in [0.25, 0.3) is 21.8 Å². The van der Waals surface area contributed by atoms with Crippen LogP contribution in [0, 0.1) is 0 Å². The molecule has 0 radical (unpaired) electrons. The lowest BCUT2D eigenvalue weighted by molar-refractivity contribution is 0.0691. The van der Waals surface area contributed by atoms with Gasteiger partial charge in [-0.15, -0.1) is 0 Å². The van der Waals surface area contributed by atoms with E-state index >= 15 is 0 Å². The highest BCUT2D eigenvalue weighted by molar-refractivity contribution is 6.10. The van der Waals surface area contributed by atoms with Crippen molar-refractivity contribution in [3.05, 3.63) is 30.2 Å². The highest BCUT2D eigenvalue weighted by atomic mass is 16.4. The Morgan fingerprint density at radius 2 is 2.17 bits per heavy atom. The van der Waals surface area contributed by atoms with Gasteiger partial charge in [0.25, 0.3) is 0 Å². The van der Waals surface area contributed by atoms with Crippen molar-refractivity contribution in [1.82, 2.24) is 19.9 Å². The van der Waals surface area contributed by atoms with Crippen LogP contribution in [0.15, 0.2) is 24.5 Å². The summed E-state index contributed by atoms with van der Waals surface area (Å²) >= 11 is 0. The molecule has 3 aromatic heterocycles. The van der Waals surface area contributed by atoms with E-state index in [-0.39, 0.29) is 5.69 Å². The van der Waals surface area contributed by atoms with Crippen LogP contribution >= 0.6 is 0 Å². The molecule has 7 heteroatoms. The largest absolute Gasteiger partial charge is 0.477 e. The number of aromatic amines is 1. The minimum atomic E-state index is -1.000. The number of nitrogens with zero attached hydrogens (tertiary/aromatic N) is 3. The fourth-order valence-electron chi connectivity index (χ4n) is 2.58. The van der Waals surface area contributed by atoms with E-state index in [1.54, 1.807) is 18.5 Å². The molecule has 7 nitrogen and oxygen atoms in total. The van der Waals surface area contributed by atoms with Gasteiger partial charge >= 0.3 is 5.97 Å². The quantitative estimate of drug-likeness (QED) is 0.604. The third kappa shape index (κ3) is 3.09. The van der Waals surface area contributed by atoms with Gasteiger partial charge in [-0.1, -0.05) is 0 Å². The predicted octanol–water partition coefficient (Wildman–Crippen LogP) is 2.17. The number of hydrogen-bond donors (Lipinski definition) is 3. The first-order valence-electron chi connectivity index (χ1n) is 7.44. The maximum atomic E-state index is 11.2. The van der Waals surface area contributed by atoms with Crippen LogP contribution in [-0.4, -0.2) is 58.1 Å². The number of aromatic carboxylic acids is 1. The molecule has 0 aliphatic rings. The lowest BCUT2D eigenvalue weighted by Gasteiger charge is -2.12. The van der Waals surface area contributed by atoms with Gasteiger partial charge < -0.3 is 20.3 Å². The number of fused-ring (bicyclic) bond motifs is 3. The second-order valence-corrected chi connectivity index (χ2v) is 5.72. The molecule has 3 N–H and O–H groups in total. The molecule has 0 atom stereocenters. The van der Waals surface area contributed by atoms with E-state index in [0.717, 1.165) is 41.5 Å². The summed E-state index contributed by atoms with van der Waals surface area (Å²) in [6.07, 6.45) is 4.44. The van der Waals surface area contributed by atoms with E-state index in [1.165, 1.54) is 0 Å². The van der Waals surface area contributed by atoms with Crippen LogP contribution in [0.5, 0.6) is 0 Å². The lowest BCUT2D eigenvalue weighted by atomic mass is 10.1. The molecule has 0 aliphatic heterocycles. The Hall–Kier alpha value is -2.67. The number of carbonyl (C=O) groups is 1. The van der Waals surface area contributed by atoms with Crippen molar-refractivity contribution in [2.45, 2.75) is 6.42 Å². The van der Waals surface area contributed by atoms with Crippen LogP contribution in [0.1, 0.15) is 16.9 Å². The number of carboxylic acids is 1. The molecule has 0 aliphatic carbocycles. The Bertz CT molecular complexity index is 856. The van der Waals surface area contributed by atoms with Crippen molar-refractivity contribution in [1.29, 1.82) is 0 Å². The zero-order valence-electron chi connectivity index (χ0n) is 13.1. The Morgan fingerprint density at radius 1 is 1.35 bits per heavy atom. The molecule has 0 spiro atoms. The van der Waals surface area contributed by atoms with E-state index in [2.05, 4.69) is 25.2 Å². The second kappa shape index (κ2) is 6.21. The smallest absolute Gasteiger partial charge is 0.352 e. The van der Waals surface area contributed by atoms with Gasteiger partial charge in [-0.05, 0) is 39.2 Å². The van der Waals surface area contributed by atoms with Gasteiger partial charge in [0, 0.05) is 35.1 Å². The van der Waals surface area contributed by atoms with Crippen molar-refractivity contribution in [3.8, 4) is 0 Å². The molecule has 23 heavy (non-hydrogen) atoms. The number of H-pyrrole nitrogens is 1. The normalized spacial score (nSPS) is 11.4. The average molecular weight is 313 g/mol. The zero-order valence-corrected chi connectivity index (χ0v) is 13.1. The molecule has 0 fully saturated rings. The van der Waals surface area contributed by atoms with Crippen molar-refractivity contribution >= 4 is 33.6 Å². The number of nitrogens with one attached hydrogen (secondary N) is 2. The summed E-state index contributed by atoms with van der Waals surface area (Å²) in [5.74, 6) is -0.257. The Morgan fingerprint density at radius 3 is 2.91 bits per heavy atom. The van der Waals surface area contributed by atoms with E-state index in [4.69, 9.17) is 5.11 Å². The predicted molar refractivity (Wildman–Crippen MR) is 90.0 cm³/mol.